The molecule has 1 aliphatic carbocycles. The number of hydrogen-bond donors (Lipinski definition) is 0. The number of benzene rings is 1. The number of rotatable bonds is 12. The van der Waals surface area contributed by atoms with Crippen LogP contribution in [-0.2, 0) is 13.3 Å². The van der Waals surface area contributed by atoms with Gasteiger partial charge in [-0.15, -0.1) is 0 Å². The van der Waals surface area contributed by atoms with Crippen LogP contribution in [0.4, 0.5) is 0 Å². The van der Waals surface area contributed by atoms with Gasteiger partial charge in [-0.2, -0.15) is 0 Å². The summed E-state index contributed by atoms with van der Waals surface area (Å²) in [5, 5.41) is 0. The Morgan fingerprint density at radius 3 is 2.07 bits per heavy atom. The van der Waals surface area contributed by atoms with Crippen molar-refractivity contribution in [2.75, 3.05) is 27.9 Å². The molecule has 0 radical (unpaired) electrons. The van der Waals surface area contributed by atoms with Crippen molar-refractivity contribution in [1.82, 2.24) is 0 Å². The Bertz CT molecular complexity index is 499. The van der Waals surface area contributed by atoms with Crippen LogP contribution in [0.5, 0.6) is 5.75 Å². The minimum atomic E-state index is -2.48. The first-order chi connectivity index (χ1) is 13.2. The fourth-order valence-corrected chi connectivity index (χ4v) is 5.84. The number of ether oxygens (including phenoxy) is 1. The third kappa shape index (κ3) is 6.90. The van der Waals surface area contributed by atoms with Gasteiger partial charge in [-0.05, 0) is 61.6 Å². The van der Waals surface area contributed by atoms with Gasteiger partial charge in [0.15, 0.2) is 0 Å². The molecule has 1 aromatic rings. The van der Waals surface area contributed by atoms with Crippen LogP contribution in [-0.4, -0.2) is 36.7 Å². The molecule has 27 heavy (non-hydrogen) atoms. The average molecular weight is 395 g/mol. The molecule has 0 spiro atoms. The molecule has 0 saturated heterocycles. The predicted octanol–water partition coefficient (Wildman–Crippen LogP) is 5.80. The molecule has 0 atom stereocenters. The van der Waals surface area contributed by atoms with Crippen molar-refractivity contribution in [2.45, 2.75) is 70.3 Å². The van der Waals surface area contributed by atoms with E-state index in [0.717, 1.165) is 30.1 Å². The van der Waals surface area contributed by atoms with E-state index >= 15 is 0 Å². The van der Waals surface area contributed by atoms with E-state index in [1.165, 1.54) is 50.5 Å². The lowest BCUT2D eigenvalue weighted by Gasteiger charge is -2.29. The summed E-state index contributed by atoms with van der Waals surface area (Å²) in [4.78, 5) is 0. The second-order valence-electron chi connectivity index (χ2n) is 7.68. The first-order valence-corrected chi connectivity index (χ1v) is 12.5. The summed E-state index contributed by atoms with van der Waals surface area (Å²) in [6.45, 7) is 2.94. The summed E-state index contributed by atoms with van der Waals surface area (Å²) in [7, 11) is 2.47. The lowest BCUT2D eigenvalue weighted by molar-refractivity contribution is 0.121. The predicted molar refractivity (Wildman–Crippen MR) is 112 cm³/mol. The van der Waals surface area contributed by atoms with Crippen molar-refractivity contribution in [3.8, 4) is 5.75 Å². The Labute approximate surface area is 166 Å². The Balaban J connectivity index is 1.72. The second-order valence-corrected chi connectivity index (χ2v) is 10.8. The molecule has 1 saturated carbocycles. The van der Waals surface area contributed by atoms with Crippen LogP contribution in [0, 0.1) is 5.92 Å². The van der Waals surface area contributed by atoms with Crippen molar-refractivity contribution in [1.29, 1.82) is 0 Å². The van der Waals surface area contributed by atoms with E-state index < -0.39 is 8.80 Å². The molecule has 4 nitrogen and oxygen atoms in total. The number of hydrogen-bond acceptors (Lipinski definition) is 4. The van der Waals surface area contributed by atoms with Crippen molar-refractivity contribution < 1.29 is 18.0 Å². The van der Waals surface area contributed by atoms with Gasteiger partial charge >= 0.3 is 8.80 Å². The average Bonchev–Trinajstić information content (AvgIpc) is 2.74. The first kappa shape index (κ1) is 22.4. The smallest absolute Gasteiger partial charge is 0.494 e. The van der Waals surface area contributed by atoms with Gasteiger partial charge in [-0.3, -0.25) is 0 Å². The van der Waals surface area contributed by atoms with Crippen molar-refractivity contribution in [2.24, 2.45) is 5.92 Å². The SMILES string of the molecule is CCCCC1CCC(c2ccc(OCCC[Si](OC)(OC)OC)cc2)CC1. The molecular weight excluding hydrogens is 356 g/mol. The minimum absolute atomic E-state index is 0.646. The molecule has 0 unspecified atom stereocenters. The minimum Gasteiger partial charge on any atom is -0.494 e. The monoisotopic (exact) mass is 394 g/mol. The Kier molecular flexibility index (Phi) is 9.83. The molecule has 0 aromatic heterocycles. The van der Waals surface area contributed by atoms with E-state index in [2.05, 4.69) is 31.2 Å². The van der Waals surface area contributed by atoms with Crippen LogP contribution < -0.4 is 4.74 Å². The Morgan fingerprint density at radius 1 is 0.889 bits per heavy atom. The Hall–Kier alpha value is -0.883. The molecule has 1 fully saturated rings. The van der Waals surface area contributed by atoms with Gasteiger partial charge in [0, 0.05) is 27.4 Å². The highest BCUT2D eigenvalue weighted by molar-refractivity contribution is 6.60. The van der Waals surface area contributed by atoms with Crippen LogP contribution in [0.15, 0.2) is 24.3 Å². The van der Waals surface area contributed by atoms with Gasteiger partial charge in [0.1, 0.15) is 5.75 Å². The van der Waals surface area contributed by atoms with Crippen LogP contribution in [0.2, 0.25) is 6.04 Å². The molecule has 0 heterocycles. The molecule has 154 valence electrons. The molecule has 1 aromatic carbocycles. The van der Waals surface area contributed by atoms with Crippen molar-refractivity contribution >= 4 is 8.80 Å². The highest BCUT2D eigenvalue weighted by Crippen LogP contribution is 2.38. The van der Waals surface area contributed by atoms with E-state index in [1.54, 1.807) is 21.3 Å². The van der Waals surface area contributed by atoms with Gasteiger partial charge in [-0.25, -0.2) is 0 Å². The summed E-state index contributed by atoms with van der Waals surface area (Å²) < 4.78 is 22.2. The fourth-order valence-electron chi connectivity index (χ4n) is 4.15. The van der Waals surface area contributed by atoms with Crippen molar-refractivity contribution in [3.63, 3.8) is 0 Å². The molecule has 2 rings (SSSR count). The maximum atomic E-state index is 5.89. The quantitative estimate of drug-likeness (QED) is 0.332. The maximum Gasteiger partial charge on any atom is 0.500 e. The van der Waals surface area contributed by atoms with Crippen LogP contribution in [0.1, 0.15) is 69.8 Å². The highest BCUT2D eigenvalue weighted by Gasteiger charge is 2.36. The third-order valence-electron chi connectivity index (χ3n) is 5.99. The van der Waals surface area contributed by atoms with Gasteiger partial charge < -0.3 is 18.0 Å². The van der Waals surface area contributed by atoms with Gasteiger partial charge in [0.2, 0.25) is 0 Å². The van der Waals surface area contributed by atoms with Crippen LogP contribution >= 0.6 is 0 Å². The summed E-state index contributed by atoms with van der Waals surface area (Å²) in [6, 6.07) is 9.50. The van der Waals surface area contributed by atoms with Crippen LogP contribution in [0.3, 0.4) is 0 Å². The van der Waals surface area contributed by atoms with E-state index in [0.29, 0.717) is 6.61 Å². The first-order valence-electron chi connectivity index (χ1n) is 10.5. The van der Waals surface area contributed by atoms with Crippen molar-refractivity contribution in [3.05, 3.63) is 29.8 Å². The van der Waals surface area contributed by atoms with Gasteiger partial charge in [-0.1, -0.05) is 38.3 Å². The maximum absolute atomic E-state index is 5.89. The van der Waals surface area contributed by atoms with E-state index in [1.807, 2.05) is 0 Å². The van der Waals surface area contributed by atoms with Gasteiger partial charge in [0.25, 0.3) is 0 Å². The summed E-state index contributed by atoms with van der Waals surface area (Å²) in [6.07, 6.45) is 10.5. The molecule has 0 bridgehead atoms. The molecule has 0 N–H and O–H groups in total. The van der Waals surface area contributed by atoms with E-state index in [-0.39, 0.29) is 0 Å². The fraction of sp³-hybridized carbons (Fsp3) is 0.727. The molecule has 0 aliphatic heterocycles. The zero-order chi connectivity index (χ0) is 19.5. The highest BCUT2D eigenvalue weighted by atomic mass is 28.4. The molecule has 5 heteroatoms. The normalized spacial score (nSPS) is 20.6. The van der Waals surface area contributed by atoms with E-state index in [4.69, 9.17) is 18.0 Å². The van der Waals surface area contributed by atoms with E-state index in [9.17, 15) is 0 Å². The van der Waals surface area contributed by atoms with Gasteiger partial charge in [0.05, 0.1) is 6.61 Å². The third-order valence-corrected chi connectivity index (χ3v) is 8.83. The largest absolute Gasteiger partial charge is 0.500 e. The lowest BCUT2D eigenvalue weighted by atomic mass is 9.77. The summed E-state index contributed by atoms with van der Waals surface area (Å²) in [5.74, 6) is 2.63. The molecular formula is C22H38O4Si. The molecule has 0 amide bonds. The Morgan fingerprint density at radius 2 is 1.52 bits per heavy atom. The molecule has 1 aliphatic rings. The lowest BCUT2D eigenvalue weighted by Crippen LogP contribution is -2.42. The topological polar surface area (TPSA) is 36.9 Å². The zero-order valence-electron chi connectivity index (χ0n) is 17.7. The second kappa shape index (κ2) is 11.8. The number of unbranched alkanes of at least 4 members (excludes halogenated alkanes) is 1. The zero-order valence-corrected chi connectivity index (χ0v) is 18.7. The standard InChI is InChI=1S/C22H38O4Si/c1-5-6-8-19-9-11-20(12-10-19)21-13-15-22(16-14-21)26-17-7-18-27(23-2,24-3)25-4/h13-16,19-20H,5-12,17-18H2,1-4H3. The summed E-state index contributed by atoms with van der Waals surface area (Å²) >= 11 is 0. The summed E-state index contributed by atoms with van der Waals surface area (Å²) in [5.41, 5.74) is 1.47. The van der Waals surface area contributed by atoms with Crippen LogP contribution in [0.25, 0.3) is 0 Å².